The number of anilines is 2. The Morgan fingerprint density at radius 3 is 2.12 bits per heavy atom. The van der Waals surface area contributed by atoms with Gasteiger partial charge in [0.2, 0.25) is 5.91 Å². The molecule has 5 nitrogen and oxygen atoms in total. The maximum atomic E-state index is 12.9. The molecule has 0 fully saturated rings. The molecule has 0 aromatic heterocycles. The molecule has 132 valence electrons. The largest absolute Gasteiger partial charge is 0.324 e. The van der Waals surface area contributed by atoms with E-state index in [4.69, 9.17) is 0 Å². The molecule has 2 aromatic carbocycles. The number of amides is 3. The van der Waals surface area contributed by atoms with Gasteiger partial charge in [-0.2, -0.15) is 0 Å². The van der Waals surface area contributed by atoms with Crippen LogP contribution in [0.5, 0.6) is 0 Å². The van der Waals surface area contributed by atoms with E-state index < -0.39 is 6.03 Å². The molecule has 0 bridgehead atoms. The van der Waals surface area contributed by atoms with Gasteiger partial charge in [-0.15, -0.1) is 0 Å². The van der Waals surface area contributed by atoms with E-state index in [1.165, 1.54) is 36.2 Å². The normalized spacial score (nSPS) is 10.3. The number of nitrogens with one attached hydrogen (secondary N) is 2. The Bertz CT molecular complexity index is 765. The van der Waals surface area contributed by atoms with Crippen molar-refractivity contribution < 1.29 is 14.0 Å². The zero-order valence-electron chi connectivity index (χ0n) is 14.8. The molecule has 2 aromatic rings. The van der Waals surface area contributed by atoms with Gasteiger partial charge in [0.1, 0.15) is 12.4 Å². The van der Waals surface area contributed by atoms with Crippen molar-refractivity contribution in [1.82, 2.24) is 4.90 Å². The summed E-state index contributed by atoms with van der Waals surface area (Å²) in [6, 6.07) is 8.97. The molecule has 0 spiro atoms. The third kappa shape index (κ3) is 5.04. The minimum Gasteiger partial charge on any atom is -0.324 e. The first-order valence-electron chi connectivity index (χ1n) is 7.91. The highest BCUT2D eigenvalue weighted by atomic mass is 19.1. The summed E-state index contributed by atoms with van der Waals surface area (Å²) < 4.78 is 12.9. The highest BCUT2D eigenvalue weighted by Gasteiger charge is 2.15. The van der Waals surface area contributed by atoms with E-state index in [-0.39, 0.29) is 18.3 Å². The van der Waals surface area contributed by atoms with Gasteiger partial charge >= 0.3 is 6.03 Å². The molecule has 0 atom stereocenters. The van der Waals surface area contributed by atoms with E-state index in [0.29, 0.717) is 5.69 Å². The number of hydrogen-bond acceptors (Lipinski definition) is 2. The predicted octanol–water partition coefficient (Wildman–Crippen LogP) is 3.85. The van der Waals surface area contributed by atoms with E-state index in [2.05, 4.69) is 10.6 Å². The fourth-order valence-electron chi connectivity index (χ4n) is 2.60. The summed E-state index contributed by atoms with van der Waals surface area (Å²) in [7, 11) is 1.52. The van der Waals surface area contributed by atoms with Crippen LogP contribution < -0.4 is 10.6 Å². The quantitative estimate of drug-likeness (QED) is 0.886. The lowest BCUT2D eigenvalue weighted by Crippen LogP contribution is -2.37. The summed E-state index contributed by atoms with van der Waals surface area (Å²) in [6.07, 6.45) is 0. The van der Waals surface area contributed by atoms with Gasteiger partial charge in [-0.3, -0.25) is 4.79 Å². The molecule has 0 radical (unpaired) electrons. The van der Waals surface area contributed by atoms with Crippen LogP contribution in [0, 0.1) is 26.6 Å². The number of aryl methyl sites for hydroxylation is 3. The van der Waals surface area contributed by atoms with Gasteiger partial charge in [-0.25, -0.2) is 9.18 Å². The van der Waals surface area contributed by atoms with Crippen molar-refractivity contribution in [2.75, 3.05) is 24.2 Å². The smallest absolute Gasteiger partial charge is 0.322 e. The van der Waals surface area contributed by atoms with Gasteiger partial charge in [-0.05, 0) is 56.2 Å². The maximum absolute atomic E-state index is 12.9. The van der Waals surface area contributed by atoms with E-state index in [1.54, 1.807) is 0 Å². The Kier molecular flexibility index (Phi) is 5.75. The van der Waals surface area contributed by atoms with Gasteiger partial charge in [0, 0.05) is 18.4 Å². The van der Waals surface area contributed by atoms with Gasteiger partial charge in [0.15, 0.2) is 0 Å². The Hall–Kier alpha value is -2.89. The van der Waals surface area contributed by atoms with Crippen molar-refractivity contribution in [2.45, 2.75) is 20.8 Å². The molecular weight excluding hydrogens is 321 g/mol. The molecule has 0 heterocycles. The second kappa shape index (κ2) is 7.79. The average molecular weight is 343 g/mol. The molecule has 0 saturated carbocycles. The first-order valence-corrected chi connectivity index (χ1v) is 7.91. The summed E-state index contributed by atoms with van der Waals surface area (Å²) >= 11 is 0. The molecule has 25 heavy (non-hydrogen) atoms. The van der Waals surface area contributed by atoms with Crippen LogP contribution in [-0.4, -0.2) is 30.4 Å². The minimum absolute atomic E-state index is 0.0974. The van der Waals surface area contributed by atoms with Crippen LogP contribution in [-0.2, 0) is 4.79 Å². The molecule has 0 saturated heterocycles. The molecular formula is C19H22FN3O2. The van der Waals surface area contributed by atoms with Gasteiger partial charge < -0.3 is 15.5 Å². The Labute approximate surface area is 146 Å². The monoisotopic (exact) mass is 343 g/mol. The molecule has 6 heteroatoms. The van der Waals surface area contributed by atoms with Crippen LogP contribution in [0.15, 0.2) is 36.4 Å². The SMILES string of the molecule is Cc1cc(C)c(NC(=O)CN(C)C(=O)Nc2ccc(F)cc2)c(C)c1. The number of carbonyl (C=O) groups is 2. The van der Waals surface area contributed by atoms with Crippen molar-refractivity contribution in [1.29, 1.82) is 0 Å². The van der Waals surface area contributed by atoms with Crippen molar-refractivity contribution in [3.63, 3.8) is 0 Å². The number of halogens is 1. The van der Waals surface area contributed by atoms with Crippen molar-refractivity contribution in [3.05, 3.63) is 58.9 Å². The van der Waals surface area contributed by atoms with E-state index in [9.17, 15) is 14.0 Å². The molecule has 2 N–H and O–H groups in total. The lowest BCUT2D eigenvalue weighted by molar-refractivity contribution is -0.116. The third-order valence-corrected chi connectivity index (χ3v) is 3.76. The number of hydrogen-bond donors (Lipinski definition) is 2. The standard InChI is InChI=1S/C19H22FN3O2/c1-12-9-13(2)18(14(3)10-12)22-17(24)11-23(4)19(25)21-16-7-5-15(20)6-8-16/h5-10H,11H2,1-4H3,(H,21,25)(H,22,24). The summed E-state index contributed by atoms with van der Waals surface area (Å²) in [5.41, 5.74) is 4.31. The van der Waals surface area contributed by atoms with E-state index >= 15 is 0 Å². The minimum atomic E-state index is -0.445. The van der Waals surface area contributed by atoms with Gasteiger partial charge in [0.05, 0.1) is 0 Å². The van der Waals surface area contributed by atoms with Crippen LogP contribution in [0.4, 0.5) is 20.6 Å². The van der Waals surface area contributed by atoms with Crippen LogP contribution in [0.3, 0.4) is 0 Å². The molecule has 0 unspecified atom stereocenters. The highest BCUT2D eigenvalue weighted by Crippen LogP contribution is 2.21. The van der Waals surface area contributed by atoms with Crippen molar-refractivity contribution in [3.8, 4) is 0 Å². The number of nitrogens with zero attached hydrogens (tertiary/aromatic N) is 1. The second-order valence-electron chi connectivity index (χ2n) is 6.12. The number of urea groups is 1. The van der Waals surface area contributed by atoms with Crippen LogP contribution in [0.25, 0.3) is 0 Å². The molecule has 2 rings (SSSR count). The highest BCUT2D eigenvalue weighted by molar-refractivity contribution is 5.97. The topological polar surface area (TPSA) is 61.4 Å². The van der Waals surface area contributed by atoms with Crippen molar-refractivity contribution in [2.24, 2.45) is 0 Å². The van der Waals surface area contributed by atoms with Crippen LogP contribution in [0.2, 0.25) is 0 Å². The van der Waals surface area contributed by atoms with Gasteiger partial charge in [0.25, 0.3) is 0 Å². The summed E-state index contributed by atoms with van der Waals surface area (Å²) in [5, 5.41) is 5.46. The lowest BCUT2D eigenvalue weighted by atomic mass is 10.1. The average Bonchev–Trinajstić information content (AvgIpc) is 2.53. The second-order valence-corrected chi connectivity index (χ2v) is 6.12. The summed E-state index contributed by atoms with van der Waals surface area (Å²) in [6.45, 7) is 5.76. The third-order valence-electron chi connectivity index (χ3n) is 3.76. The first kappa shape index (κ1) is 18.4. The van der Waals surface area contributed by atoms with E-state index in [0.717, 1.165) is 22.4 Å². The van der Waals surface area contributed by atoms with Crippen LogP contribution >= 0.6 is 0 Å². The number of benzene rings is 2. The molecule has 0 aliphatic rings. The van der Waals surface area contributed by atoms with E-state index in [1.807, 2.05) is 32.9 Å². The zero-order valence-corrected chi connectivity index (χ0v) is 14.8. The first-order chi connectivity index (χ1) is 11.8. The fraction of sp³-hybridized carbons (Fsp3) is 0.263. The Morgan fingerprint density at radius 1 is 1.00 bits per heavy atom. The summed E-state index contributed by atoms with van der Waals surface area (Å²) in [4.78, 5) is 25.6. The molecule has 3 amide bonds. The van der Waals surface area contributed by atoms with Crippen LogP contribution in [0.1, 0.15) is 16.7 Å². The number of rotatable bonds is 4. The fourth-order valence-corrected chi connectivity index (χ4v) is 2.60. The number of carbonyl (C=O) groups excluding carboxylic acids is 2. The maximum Gasteiger partial charge on any atom is 0.322 e. The lowest BCUT2D eigenvalue weighted by Gasteiger charge is -2.19. The zero-order chi connectivity index (χ0) is 18.6. The Balaban J connectivity index is 1.95. The Morgan fingerprint density at radius 2 is 1.56 bits per heavy atom. The van der Waals surface area contributed by atoms with Gasteiger partial charge in [-0.1, -0.05) is 17.7 Å². The molecule has 0 aliphatic carbocycles. The van der Waals surface area contributed by atoms with Crippen molar-refractivity contribution >= 4 is 23.3 Å². The number of likely N-dealkylation sites (N-methyl/N-ethyl adjacent to an activating group) is 1. The predicted molar refractivity (Wildman–Crippen MR) is 97.3 cm³/mol. The molecule has 0 aliphatic heterocycles. The summed E-state index contributed by atoms with van der Waals surface area (Å²) in [5.74, 6) is -0.665.